The van der Waals surface area contributed by atoms with Crippen LogP contribution in [0.5, 0.6) is 0 Å². The molecular weight excluding hydrogens is 274 g/mol. The zero-order valence-corrected chi connectivity index (χ0v) is 13.0. The van der Waals surface area contributed by atoms with Crippen LogP contribution < -0.4 is 5.73 Å². The van der Waals surface area contributed by atoms with Crippen LogP contribution in [0.25, 0.3) is 0 Å². The van der Waals surface area contributed by atoms with Crippen molar-refractivity contribution in [3.05, 3.63) is 0 Å². The van der Waals surface area contributed by atoms with Crippen LogP contribution >= 0.6 is 0 Å². The molecule has 0 aromatic rings. The second-order valence-corrected chi connectivity index (χ2v) is 4.90. The van der Waals surface area contributed by atoms with Gasteiger partial charge in [0.05, 0.1) is 6.54 Å². The summed E-state index contributed by atoms with van der Waals surface area (Å²) in [6.45, 7) is 1.93. The van der Waals surface area contributed by atoms with E-state index in [0.29, 0.717) is 0 Å². The van der Waals surface area contributed by atoms with E-state index in [4.69, 9.17) is 10.2 Å². The minimum Gasteiger partial charge on any atom is -0.480 e. The Labute approximate surface area is 126 Å². The van der Waals surface area contributed by atoms with E-state index in [1.165, 1.54) is 38.5 Å². The van der Waals surface area contributed by atoms with Gasteiger partial charge in [-0.15, -0.1) is 0 Å². The van der Waals surface area contributed by atoms with Crippen molar-refractivity contribution < 1.29 is 24.6 Å². The third-order valence-corrected chi connectivity index (χ3v) is 2.92. The number of nitrogens with two attached hydrogens (primary N) is 1. The van der Waals surface area contributed by atoms with Crippen molar-refractivity contribution in [3.8, 4) is 0 Å². The summed E-state index contributed by atoms with van der Waals surface area (Å²) >= 11 is 0. The molecule has 4 N–H and O–H groups in total. The van der Waals surface area contributed by atoms with Crippen molar-refractivity contribution in [1.82, 2.24) is 0 Å². The fraction of sp³-hybridized carbons (Fsp3) is 0.800. The van der Waals surface area contributed by atoms with Crippen LogP contribution in [0.2, 0.25) is 0 Å². The van der Waals surface area contributed by atoms with Gasteiger partial charge in [-0.1, -0.05) is 58.3 Å². The summed E-state index contributed by atoms with van der Waals surface area (Å²) in [5.74, 6) is -2.91. The summed E-state index contributed by atoms with van der Waals surface area (Å²) in [7, 11) is 0. The number of Topliss-reactive ketones (excluding diaryl/α,β-unsaturated/α-hetero) is 1. The first-order chi connectivity index (χ1) is 9.95. The second-order valence-electron chi connectivity index (χ2n) is 4.90. The summed E-state index contributed by atoms with van der Waals surface area (Å²) in [6, 6.07) is 0. The summed E-state index contributed by atoms with van der Waals surface area (Å²) in [5.41, 5.74) is 4.57. The molecule has 0 saturated heterocycles. The van der Waals surface area contributed by atoms with E-state index in [1.54, 1.807) is 0 Å². The third kappa shape index (κ3) is 21.0. The minimum absolute atomic E-state index is 0.200. The zero-order chi connectivity index (χ0) is 16.5. The van der Waals surface area contributed by atoms with Crippen molar-refractivity contribution in [1.29, 1.82) is 0 Å². The van der Waals surface area contributed by atoms with E-state index in [1.807, 2.05) is 0 Å². The van der Waals surface area contributed by atoms with Gasteiger partial charge in [0.15, 0.2) is 0 Å². The molecule has 6 nitrogen and oxygen atoms in total. The highest BCUT2D eigenvalue weighted by Crippen LogP contribution is 2.10. The number of hydrogen-bond acceptors (Lipinski definition) is 4. The molecule has 0 spiro atoms. The Hall–Kier alpha value is -1.43. The molecule has 0 rings (SSSR count). The topological polar surface area (TPSA) is 118 Å². The Kier molecular flexibility index (Phi) is 17.3. The zero-order valence-electron chi connectivity index (χ0n) is 13.0. The normalized spacial score (nSPS) is 9.62. The molecule has 0 aliphatic heterocycles. The Balaban J connectivity index is 0. The maximum Gasteiger partial charge on any atom is 0.372 e. The predicted octanol–water partition coefficient (Wildman–Crippen LogP) is 2.59. The van der Waals surface area contributed by atoms with E-state index < -0.39 is 17.7 Å². The van der Waals surface area contributed by atoms with E-state index in [2.05, 4.69) is 12.7 Å². The molecule has 0 radical (unpaired) electrons. The van der Waals surface area contributed by atoms with Gasteiger partial charge in [0.25, 0.3) is 0 Å². The van der Waals surface area contributed by atoms with Crippen molar-refractivity contribution in [2.45, 2.75) is 71.1 Å². The van der Waals surface area contributed by atoms with Crippen molar-refractivity contribution in [2.24, 2.45) is 5.73 Å². The highest BCUT2D eigenvalue weighted by Gasteiger charge is 2.09. The summed E-state index contributed by atoms with van der Waals surface area (Å²) < 4.78 is 0. The number of ketones is 1. The Morgan fingerprint density at radius 2 is 1.19 bits per heavy atom. The van der Waals surface area contributed by atoms with E-state index in [9.17, 15) is 14.4 Å². The second kappa shape index (κ2) is 16.6. The SMILES string of the molecule is CCCCCCCCCCCC(=O)C(=O)O.NCC(=O)O. The Morgan fingerprint density at radius 1 is 0.810 bits per heavy atom. The van der Waals surface area contributed by atoms with Gasteiger partial charge in [-0.05, 0) is 6.42 Å². The van der Waals surface area contributed by atoms with Crippen molar-refractivity contribution in [2.75, 3.05) is 6.54 Å². The lowest BCUT2D eigenvalue weighted by atomic mass is 10.1. The average molecular weight is 303 g/mol. The molecule has 0 bridgehead atoms. The first-order valence-electron chi connectivity index (χ1n) is 7.63. The number of carboxylic acid groups (broad SMARTS) is 2. The molecule has 0 aromatic carbocycles. The van der Waals surface area contributed by atoms with Crippen LogP contribution in [0.1, 0.15) is 71.1 Å². The number of hydrogen-bond donors (Lipinski definition) is 3. The van der Waals surface area contributed by atoms with Gasteiger partial charge in [0.2, 0.25) is 5.78 Å². The first kappa shape index (κ1) is 21.9. The first-order valence-corrected chi connectivity index (χ1v) is 7.63. The molecule has 0 heterocycles. The van der Waals surface area contributed by atoms with Gasteiger partial charge in [-0.25, -0.2) is 4.79 Å². The van der Waals surface area contributed by atoms with Crippen LogP contribution in [0, 0.1) is 0 Å². The number of carbonyl (C=O) groups is 3. The van der Waals surface area contributed by atoms with E-state index in [0.717, 1.165) is 19.3 Å². The summed E-state index contributed by atoms with van der Waals surface area (Å²) in [6.07, 6.45) is 10.7. The molecular formula is C15H29NO5. The van der Waals surface area contributed by atoms with Crippen LogP contribution in [0.3, 0.4) is 0 Å². The summed E-state index contributed by atoms with van der Waals surface area (Å²) in [5, 5.41) is 16.0. The molecule has 0 fully saturated rings. The fourth-order valence-electron chi connectivity index (χ4n) is 1.70. The molecule has 0 aromatic heterocycles. The molecule has 0 aliphatic carbocycles. The number of unbranched alkanes of at least 4 members (excludes halogenated alkanes) is 8. The molecule has 124 valence electrons. The number of aliphatic carboxylic acids is 2. The lowest BCUT2D eigenvalue weighted by Gasteiger charge is -2.00. The predicted molar refractivity (Wildman–Crippen MR) is 81.2 cm³/mol. The van der Waals surface area contributed by atoms with Crippen LogP contribution in [-0.2, 0) is 14.4 Å². The Bertz CT molecular complexity index is 292. The number of carbonyl (C=O) groups excluding carboxylic acids is 1. The largest absolute Gasteiger partial charge is 0.480 e. The Morgan fingerprint density at radius 3 is 1.52 bits per heavy atom. The molecule has 0 atom stereocenters. The maximum absolute atomic E-state index is 10.8. The van der Waals surface area contributed by atoms with Gasteiger partial charge >= 0.3 is 11.9 Å². The smallest absolute Gasteiger partial charge is 0.372 e. The van der Waals surface area contributed by atoms with Crippen LogP contribution in [0.15, 0.2) is 0 Å². The lowest BCUT2D eigenvalue weighted by Crippen LogP contribution is -2.11. The monoisotopic (exact) mass is 303 g/mol. The van der Waals surface area contributed by atoms with E-state index >= 15 is 0 Å². The number of carboxylic acids is 2. The van der Waals surface area contributed by atoms with E-state index in [-0.39, 0.29) is 13.0 Å². The fourth-order valence-corrected chi connectivity index (χ4v) is 1.70. The number of rotatable bonds is 12. The average Bonchev–Trinajstić information content (AvgIpc) is 2.45. The highest BCUT2D eigenvalue weighted by molar-refractivity contribution is 6.32. The maximum atomic E-state index is 10.8. The molecule has 0 amide bonds. The molecule has 0 unspecified atom stereocenters. The van der Waals surface area contributed by atoms with Crippen LogP contribution in [-0.4, -0.2) is 34.5 Å². The lowest BCUT2D eigenvalue weighted by molar-refractivity contribution is -0.149. The molecule has 0 saturated carbocycles. The standard InChI is InChI=1S/C13H24O3.C2H5NO2/c1-2-3-4-5-6-7-8-9-10-11-12(14)13(15)16;3-1-2(4)5/h2-11H2,1H3,(H,15,16);1,3H2,(H,4,5). The molecule has 21 heavy (non-hydrogen) atoms. The van der Waals surface area contributed by atoms with Gasteiger partial charge in [-0.2, -0.15) is 0 Å². The quantitative estimate of drug-likeness (QED) is 0.377. The van der Waals surface area contributed by atoms with Crippen molar-refractivity contribution in [3.63, 3.8) is 0 Å². The third-order valence-electron chi connectivity index (χ3n) is 2.92. The summed E-state index contributed by atoms with van der Waals surface area (Å²) in [4.78, 5) is 30.2. The van der Waals surface area contributed by atoms with Gasteiger partial charge in [-0.3, -0.25) is 9.59 Å². The minimum atomic E-state index is -1.29. The van der Waals surface area contributed by atoms with Gasteiger partial charge < -0.3 is 15.9 Å². The van der Waals surface area contributed by atoms with Crippen LogP contribution in [0.4, 0.5) is 0 Å². The highest BCUT2D eigenvalue weighted by atomic mass is 16.4. The van der Waals surface area contributed by atoms with Gasteiger partial charge in [0, 0.05) is 6.42 Å². The molecule has 6 heteroatoms. The van der Waals surface area contributed by atoms with Crippen molar-refractivity contribution >= 4 is 17.7 Å². The van der Waals surface area contributed by atoms with Gasteiger partial charge in [0.1, 0.15) is 0 Å². The molecule has 0 aliphatic rings.